The molecule has 0 radical (unpaired) electrons. The highest BCUT2D eigenvalue weighted by molar-refractivity contribution is 5.78. The quantitative estimate of drug-likeness (QED) is 0.790. The third kappa shape index (κ3) is 2.34. The van der Waals surface area contributed by atoms with E-state index in [4.69, 9.17) is 5.26 Å². The molecule has 0 aliphatic heterocycles. The van der Waals surface area contributed by atoms with Crippen LogP contribution in [0.3, 0.4) is 0 Å². The van der Waals surface area contributed by atoms with Gasteiger partial charge in [0.15, 0.2) is 0 Å². The average molecular weight is 274 g/mol. The zero-order chi connectivity index (χ0) is 14.3. The van der Waals surface area contributed by atoms with Crippen molar-refractivity contribution >= 4 is 5.91 Å². The smallest absolute Gasteiger partial charge is 0.225 e. The molecule has 4 saturated carbocycles. The molecule has 4 bridgehead atoms. The van der Waals surface area contributed by atoms with Crippen molar-refractivity contribution in [1.82, 2.24) is 4.90 Å². The van der Waals surface area contributed by atoms with Crippen LogP contribution in [-0.4, -0.2) is 23.4 Å². The Balaban J connectivity index is 1.80. The van der Waals surface area contributed by atoms with E-state index in [-0.39, 0.29) is 11.8 Å². The number of hydrogen-bond donors (Lipinski definition) is 0. The lowest BCUT2D eigenvalue weighted by Gasteiger charge is -2.57. The summed E-state index contributed by atoms with van der Waals surface area (Å²) in [6, 6.07) is 2.66. The molecular weight excluding hydrogens is 248 g/mol. The van der Waals surface area contributed by atoms with Gasteiger partial charge in [0.05, 0.1) is 12.5 Å². The van der Waals surface area contributed by atoms with Crippen molar-refractivity contribution in [3.05, 3.63) is 0 Å². The van der Waals surface area contributed by atoms with Gasteiger partial charge < -0.3 is 4.90 Å². The second kappa shape index (κ2) is 5.39. The zero-order valence-electron chi connectivity index (χ0n) is 12.7. The van der Waals surface area contributed by atoms with Crippen LogP contribution in [0.2, 0.25) is 0 Å². The standard InChI is InChI=1S/C17H26N2O/c1-11(2)17(20)19(5-3-4-18)16-14-7-12-6-13(9-14)10-15(16)8-12/h11-16H,3,5-10H2,1-2H3. The molecular formula is C17H26N2O. The fourth-order valence-corrected chi connectivity index (χ4v) is 5.31. The molecule has 0 aromatic rings. The number of amides is 1. The Bertz CT molecular complexity index is 395. The molecule has 0 atom stereocenters. The molecule has 20 heavy (non-hydrogen) atoms. The highest BCUT2D eigenvalue weighted by atomic mass is 16.2. The highest BCUT2D eigenvalue weighted by Gasteiger charge is 2.50. The lowest BCUT2D eigenvalue weighted by Crippen LogP contribution is -2.58. The first-order valence-corrected chi connectivity index (χ1v) is 8.27. The van der Waals surface area contributed by atoms with E-state index < -0.39 is 0 Å². The van der Waals surface area contributed by atoms with Crippen LogP contribution in [0.5, 0.6) is 0 Å². The third-order valence-electron chi connectivity index (χ3n) is 5.78. The molecule has 0 spiro atoms. The molecule has 1 amide bonds. The van der Waals surface area contributed by atoms with Crippen molar-refractivity contribution in [3.8, 4) is 6.07 Å². The van der Waals surface area contributed by atoms with E-state index in [0.29, 0.717) is 30.8 Å². The Morgan fingerprint density at radius 1 is 1.15 bits per heavy atom. The second-order valence-electron chi connectivity index (χ2n) is 7.52. The Hall–Kier alpha value is -1.04. The number of rotatable bonds is 4. The van der Waals surface area contributed by atoms with Gasteiger partial charge in [0, 0.05) is 18.5 Å². The van der Waals surface area contributed by atoms with Gasteiger partial charge in [0.1, 0.15) is 0 Å². The Kier molecular flexibility index (Phi) is 3.75. The van der Waals surface area contributed by atoms with E-state index in [0.717, 1.165) is 11.8 Å². The summed E-state index contributed by atoms with van der Waals surface area (Å²) in [6.45, 7) is 4.61. The topological polar surface area (TPSA) is 44.1 Å². The van der Waals surface area contributed by atoms with E-state index in [1.54, 1.807) is 0 Å². The van der Waals surface area contributed by atoms with Gasteiger partial charge in [-0.25, -0.2) is 0 Å². The monoisotopic (exact) mass is 274 g/mol. The highest BCUT2D eigenvalue weighted by Crippen LogP contribution is 2.55. The van der Waals surface area contributed by atoms with Crippen molar-refractivity contribution in [3.63, 3.8) is 0 Å². The summed E-state index contributed by atoms with van der Waals surface area (Å²) >= 11 is 0. The minimum Gasteiger partial charge on any atom is -0.338 e. The molecule has 0 unspecified atom stereocenters. The molecule has 110 valence electrons. The second-order valence-corrected chi connectivity index (χ2v) is 7.52. The van der Waals surface area contributed by atoms with Gasteiger partial charge in [-0.1, -0.05) is 13.8 Å². The van der Waals surface area contributed by atoms with Gasteiger partial charge in [0.25, 0.3) is 0 Å². The maximum Gasteiger partial charge on any atom is 0.225 e. The fourth-order valence-electron chi connectivity index (χ4n) is 5.31. The zero-order valence-corrected chi connectivity index (χ0v) is 12.7. The molecule has 4 fully saturated rings. The molecule has 0 aromatic carbocycles. The molecule has 4 aliphatic carbocycles. The number of nitriles is 1. The first-order valence-electron chi connectivity index (χ1n) is 8.27. The van der Waals surface area contributed by atoms with Crippen LogP contribution in [-0.2, 0) is 4.79 Å². The first kappa shape index (κ1) is 13.9. The van der Waals surface area contributed by atoms with E-state index in [1.165, 1.54) is 32.1 Å². The summed E-state index contributed by atoms with van der Waals surface area (Å²) in [5.74, 6) is 3.60. The van der Waals surface area contributed by atoms with Crippen LogP contribution in [0.1, 0.15) is 52.4 Å². The number of hydrogen-bond acceptors (Lipinski definition) is 2. The van der Waals surface area contributed by atoms with Gasteiger partial charge in [-0.2, -0.15) is 5.26 Å². The van der Waals surface area contributed by atoms with E-state index in [2.05, 4.69) is 11.0 Å². The van der Waals surface area contributed by atoms with Crippen molar-refractivity contribution in [2.45, 2.75) is 58.4 Å². The predicted octanol–water partition coefficient (Wildman–Crippen LogP) is 3.21. The van der Waals surface area contributed by atoms with E-state index in [9.17, 15) is 4.79 Å². The SMILES string of the molecule is CC(C)C(=O)N(CCC#N)C1C2CC3CC(C2)CC1C3. The summed E-state index contributed by atoms with van der Waals surface area (Å²) in [5, 5.41) is 8.90. The number of carbonyl (C=O) groups is 1. The van der Waals surface area contributed by atoms with Crippen LogP contribution in [0.15, 0.2) is 0 Å². The van der Waals surface area contributed by atoms with Crippen LogP contribution in [0, 0.1) is 40.9 Å². The minimum atomic E-state index is 0.0471. The normalized spacial score (nSPS) is 38.0. The molecule has 4 aliphatic rings. The van der Waals surface area contributed by atoms with Crippen molar-refractivity contribution in [2.24, 2.45) is 29.6 Å². The largest absolute Gasteiger partial charge is 0.338 e. The van der Waals surface area contributed by atoms with Crippen molar-refractivity contribution in [1.29, 1.82) is 5.26 Å². The van der Waals surface area contributed by atoms with Crippen LogP contribution in [0.25, 0.3) is 0 Å². The predicted molar refractivity (Wildman–Crippen MR) is 77.6 cm³/mol. The van der Waals surface area contributed by atoms with Crippen molar-refractivity contribution in [2.75, 3.05) is 6.54 Å². The Morgan fingerprint density at radius 2 is 1.70 bits per heavy atom. The third-order valence-corrected chi connectivity index (χ3v) is 5.78. The lowest BCUT2D eigenvalue weighted by molar-refractivity contribution is -0.146. The molecule has 4 rings (SSSR count). The van der Waals surface area contributed by atoms with Crippen LogP contribution >= 0.6 is 0 Å². The Labute approximate surface area is 122 Å². The van der Waals surface area contributed by atoms with Crippen molar-refractivity contribution < 1.29 is 4.79 Å². The maximum absolute atomic E-state index is 12.6. The van der Waals surface area contributed by atoms with Crippen LogP contribution < -0.4 is 0 Å². The van der Waals surface area contributed by atoms with E-state index in [1.807, 2.05) is 13.8 Å². The molecule has 0 N–H and O–H groups in total. The molecule has 3 heteroatoms. The fraction of sp³-hybridized carbons (Fsp3) is 0.882. The maximum atomic E-state index is 12.6. The molecule has 0 aromatic heterocycles. The molecule has 0 heterocycles. The minimum absolute atomic E-state index is 0.0471. The first-order chi connectivity index (χ1) is 9.60. The van der Waals surface area contributed by atoms with Gasteiger partial charge in [-0.3, -0.25) is 4.79 Å². The van der Waals surface area contributed by atoms with Gasteiger partial charge in [0.2, 0.25) is 5.91 Å². The summed E-state index contributed by atoms with van der Waals surface area (Å²) in [6.07, 6.45) is 7.22. The van der Waals surface area contributed by atoms with Gasteiger partial charge in [-0.15, -0.1) is 0 Å². The lowest BCUT2D eigenvalue weighted by atomic mass is 9.54. The summed E-state index contributed by atoms with van der Waals surface area (Å²) in [4.78, 5) is 14.7. The molecule has 0 saturated heterocycles. The number of carbonyl (C=O) groups excluding carboxylic acids is 1. The average Bonchev–Trinajstić information content (AvgIpc) is 2.40. The number of nitrogens with zero attached hydrogens (tertiary/aromatic N) is 2. The van der Waals surface area contributed by atoms with Gasteiger partial charge >= 0.3 is 0 Å². The van der Waals surface area contributed by atoms with Gasteiger partial charge in [-0.05, 0) is 55.8 Å². The van der Waals surface area contributed by atoms with E-state index >= 15 is 0 Å². The molecule has 3 nitrogen and oxygen atoms in total. The summed E-state index contributed by atoms with van der Waals surface area (Å²) in [5.41, 5.74) is 0. The summed E-state index contributed by atoms with van der Waals surface area (Å²) < 4.78 is 0. The summed E-state index contributed by atoms with van der Waals surface area (Å²) in [7, 11) is 0. The van der Waals surface area contributed by atoms with Crippen LogP contribution in [0.4, 0.5) is 0 Å². The Morgan fingerprint density at radius 3 is 2.15 bits per heavy atom.